The number of anilines is 2. The zero-order valence-corrected chi connectivity index (χ0v) is 19.1. The molecule has 178 valence electrons. The largest absolute Gasteiger partial charge is 0.419 e. The Morgan fingerprint density at radius 3 is 2.27 bits per heavy atom. The molecule has 0 saturated heterocycles. The van der Waals surface area contributed by atoms with Crippen molar-refractivity contribution >= 4 is 21.7 Å². The maximum Gasteiger partial charge on any atom is 0.419 e. The summed E-state index contributed by atoms with van der Waals surface area (Å²) < 4.78 is 65.6. The van der Waals surface area contributed by atoms with Crippen molar-refractivity contribution in [3.8, 4) is 11.3 Å². The number of aromatic nitrogens is 4. The standard InChI is InChI=1S/C20H23F3N6O3S/c1-11-5-14(6-12(2)17(11)33(24,31)32)27-18-25-8-15(20(21,22)23)16(28-18)13-7-26-29(9-13)10-19(3,4)30/h5-9,30H,10H2,1-4H3,(H2,24,31,32)(H,25,27,28). The number of sulfonamides is 1. The third-order valence-electron chi connectivity index (χ3n) is 4.55. The van der Waals surface area contributed by atoms with Crippen LogP contribution in [0.2, 0.25) is 0 Å². The first-order chi connectivity index (χ1) is 15.0. The van der Waals surface area contributed by atoms with Crippen LogP contribution in [0.5, 0.6) is 0 Å². The Bertz CT molecular complexity index is 1270. The van der Waals surface area contributed by atoms with Gasteiger partial charge in [-0.1, -0.05) is 0 Å². The van der Waals surface area contributed by atoms with Crippen LogP contribution in [0.15, 0.2) is 35.6 Å². The summed E-state index contributed by atoms with van der Waals surface area (Å²) in [4.78, 5) is 7.79. The van der Waals surface area contributed by atoms with Crippen LogP contribution >= 0.6 is 0 Å². The summed E-state index contributed by atoms with van der Waals surface area (Å²) in [5, 5.41) is 22.0. The minimum atomic E-state index is -4.71. The predicted octanol–water partition coefficient (Wildman–Crippen LogP) is 3.14. The van der Waals surface area contributed by atoms with Crippen molar-refractivity contribution in [2.24, 2.45) is 5.14 Å². The Morgan fingerprint density at radius 2 is 1.76 bits per heavy atom. The van der Waals surface area contributed by atoms with E-state index in [-0.39, 0.29) is 23.0 Å². The summed E-state index contributed by atoms with van der Waals surface area (Å²) in [5.41, 5.74) is -1.37. The smallest absolute Gasteiger partial charge is 0.389 e. The van der Waals surface area contributed by atoms with Gasteiger partial charge in [-0.2, -0.15) is 18.3 Å². The molecule has 0 fully saturated rings. The Balaban J connectivity index is 2.03. The number of primary sulfonamides is 1. The summed E-state index contributed by atoms with van der Waals surface area (Å²) in [5.74, 6) is -0.129. The van der Waals surface area contributed by atoms with Crippen molar-refractivity contribution in [1.29, 1.82) is 0 Å². The van der Waals surface area contributed by atoms with E-state index in [4.69, 9.17) is 5.14 Å². The first-order valence-corrected chi connectivity index (χ1v) is 11.2. The molecule has 0 bridgehead atoms. The van der Waals surface area contributed by atoms with Gasteiger partial charge >= 0.3 is 6.18 Å². The third-order valence-corrected chi connectivity index (χ3v) is 5.76. The lowest BCUT2D eigenvalue weighted by molar-refractivity contribution is -0.137. The predicted molar refractivity (Wildman–Crippen MR) is 115 cm³/mol. The maximum absolute atomic E-state index is 13.6. The zero-order chi connectivity index (χ0) is 24.8. The van der Waals surface area contributed by atoms with Crippen molar-refractivity contribution in [2.45, 2.75) is 50.9 Å². The molecule has 0 radical (unpaired) electrons. The highest BCUT2D eigenvalue weighted by atomic mass is 32.2. The number of rotatable bonds is 6. The van der Waals surface area contributed by atoms with Gasteiger partial charge in [0.25, 0.3) is 0 Å². The molecule has 33 heavy (non-hydrogen) atoms. The van der Waals surface area contributed by atoms with E-state index in [0.717, 1.165) is 0 Å². The van der Waals surface area contributed by atoms with Crippen LogP contribution < -0.4 is 10.5 Å². The van der Waals surface area contributed by atoms with Crippen molar-refractivity contribution < 1.29 is 26.7 Å². The molecule has 1 aromatic carbocycles. The number of nitrogens with two attached hydrogens (primary N) is 1. The zero-order valence-electron chi connectivity index (χ0n) is 18.3. The van der Waals surface area contributed by atoms with Gasteiger partial charge in [0, 0.05) is 23.6 Å². The summed E-state index contributed by atoms with van der Waals surface area (Å²) >= 11 is 0. The van der Waals surface area contributed by atoms with E-state index in [2.05, 4.69) is 20.4 Å². The second-order valence-corrected chi connectivity index (χ2v) is 9.80. The number of aryl methyl sites for hydroxylation is 2. The van der Waals surface area contributed by atoms with E-state index in [0.29, 0.717) is 23.0 Å². The molecular weight excluding hydrogens is 461 g/mol. The topological polar surface area (TPSA) is 136 Å². The van der Waals surface area contributed by atoms with Gasteiger partial charge in [0.2, 0.25) is 16.0 Å². The molecule has 0 amide bonds. The highest BCUT2D eigenvalue weighted by Gasteiger charge is 2.36. The third kappa shape index (κ3) is 5.86. The number of hydrogen-bond acceptors (Lipinski definition) is 7. The number of aliphatic hydroxyl groups is 1. The number of benzene rings is 1. The van der Waals surface area contributed by atoms with Crippen LogP contribution in [0.25, 0.3) is 11.3 Å². The van der Waals surface area contributed by atoms with Crippen molar-refractivity contribution in [3.05, 3.63) is 47.4 Å². The minimum Gasteiger partial charge on any atom is -0.389 e. The Labute approximate surface area is 188 Å². The van der Waals surface area contributed by atoms with Gasteiger partial charge in [-0.3, -0.25) is 4.68 Å². The minimum absolute atomic E-state index is 0.0266. The molecule has 0 saturated carbocycles. The lowest BCUT2D eigenvalue weighted by Gasteiger charge is -2.16. The molecule has 2 heterocycles. The molecule has 4 N–H and O–H groups in total. The Hall–Kier alpha value is -3.03. The van der Waals surface area contributed by atoms with E-state index in [9.17, 15) is 26.7 Å². The summed E-state index contributed by atoms with van der Waals surface area (Å²) in [6.45, 7) is 6.27. The average Bonchev–Trinajstić information content (AvgIpc) is 3.05. The van der Waals surface area contributed by atoms with Gasteiger partial charge in [-0.25, -0.2) is 23.5 Å². The summed E-state index contributed by atoms with van der Waals surface area (Å²) in [7, 11) is -3.94. The number of nitrogens with zero attached hydrogens (tertiary/aromatic N) is 4. The average molecular weight is 485 g/mol. The second-order valence-electron chi connectivity index (χ2n) is 8.30. The molecule has 3 rings (SSSR count). The fourth-order valence-corrected chi connectivity index (χ4v) is 4.45. The lowest BCUT2D eigenvalue weighted by Crippen LogP contribution is -2.26. The molecule has 9 nitrogen and oxygen atoms in total. The normalized spacial score (nSPS) is 12.8. The molecule has 0 atom stereocenters. The molecular formula is C20H23F3N6O3S. The molecule has 0 spiro atoms. The summed E-state index contributed by atoms with van der Waals surface area (Å²) in [6.07, 6.45) is -1.47. The van der Waals surface area contributed by atoms with Gasteiger partial charge < -0.3 is 10.4 Å². The van der Waals surface area contributed by atoms with Gasteiger partial charge in [0.1, 0.15) is 5.56 Å². The fraction of sp³-hybridized carbons (Fsp3) is 0.350. The Morgan fingerprint density at radius 1 is 1.15 bits per heavy atom. The van der Waals surface area contributed by atoms with Crippen LogP contribution in [0.3, 0.4) is 0 Å². The number of nitrogens with one attached hydrogen (secondary N) is 1. The van der Waals surface area contributed by atoms with Crippen molar-refractivity contribution in [2.75, 3.05) is 5.32 Å². The molecule has 0 unspecified atom stereocenters. The highest BCUT2D eigenvalue weighted by molar-refractivity contribution is 7.89. The molecule has 3 aromatic rings. The summed E-state index contributed by atoms with van der Waals surface area (Å²) in [6, 6.07) is 2.96. The molecule has 13 heteroatoms. The molecule has 0 aliphatic carbocycles. The molecule has 2 aromatic heterocycles. The lowest BCUT2D eigenvalue weighted by atomic mass is 10.1. The van der Waals surface area contributed by atoms with E-state index >= 15 is 0 Å². The van der Waals surface area contributed by atoms with Gasteiger partial charge in [-0.15, -0.1) is 0 Å². The first-order valence-electron chi connectivity index (χ1n) is 9.65. The van der Waals surface area contributed by atoms with Crippen LogP contribution in [0.4, 0.5) is 24.8 Å². The van der Waals surface area contributed by atoms with Crippen LogP contribution in [0, 0.1) is 13.8 Å². The van der Waals surface area contributed by atoms with Crippen LogP contribution in [-0.2, 0) is 22.7 Å². The van der Waals surface area contributed by atoms with Gasteiger partial charge in [0.15, 0.2) is 0 Å². The monoisotopic (exact) mass is 484 g/mol. The van der Waals surface area contributed by atoms with E-state index in [1.165, 1.54) is 29.2 Å². The second kappa shape index (κ2) is 8.39. The van der Waals surface area contributed by atoms with Crippen molar-refractivity contribution in [1.82, 2.24) is 19.7 Å². The van der Waals surface area contributed by atoms with E-state index in [1.54, 1.807) is 27.7 Å². The van der Waals surface area contributed by atoms with Crippen LogP contribution in [0.1, 0.15) is 30.5 Å². The number of alkyl halides is 3. The SMILES string of the molecule is Cc1cc(Nc2ncc(C(F)(F)F)c(-c3cnn(CC(C)(C)O)c3)n2)cc(C)c1S(N)(=O)=O. The highest BCUT2D eigenvalue weighted by Crippen LogP contribution is 2.36. The number of halogens is 3. The molecule has 0 aliphatic heterocycles. The number of hydrogen-bond donors (Lipinski definition) is 3. The fourth-order valence-electron chi connectivity index (χ4n) is 3.44. The maximum atomic E-state index is 13.6. The molecule has 0 aliphatic rings. The van der Waals surface area contributed by atoms with E-state index in [1.807, 2.05) is 0 Å². The first kappa shape index (κ1) is 24.6. The van der Waals surface area contributed by atoms with Crippen molar-refractivity contribution in [3.63, 3.8) is 0 Å². The van der Waals surface area contributed by atoms with Gasteiger partial charge in [-0.05, 0) is 51.0 Å². The van der Waals surface area contributed by atoms with Gasteiger partial charge in [0.05, 0.1) is 28.9 Å². The van der Waals surface area contributed by atoms with E-state index < -0.39 is 33.1 Å². The quantitative estimate of drug-likeness (QED) is 0.489. The van der Waals surface area contributed by atoms with Crippen LogP contribution in [-0.4, -0.2) is 38.9 Å². The Kier molecular flexibility index (Phi) is 6.26.